The molecule has 0 saturated heterocycles. The molecule has 1 aromatic heterocycles. The quantitative estimate of drug-likeness (QED) is 0.242. The van der Waals surface area contributed by atoms with Crippen molar-refractivity contribution in [2.45, 2.75) is 46.2 Å². The minimum Gasteiger partial charge on any atom is -0.496 e. The summed E-state index contributed by atoms with van der Waals surface area (Å²) in [5.41, 5.74) is 4.97. The van der Waals surface area contributed by atoms with Crippen LogP contribution in [0, 0.1) is 0 Å². The molecule has 0 unspecified atom stereocenters. The van der Waals surface area contributed by atoms with Crippen LogP contribution >= 0.6 is 0 Å². The first kappa shape index (κ1) is 27.8. The van der Waals surface area contributed by atoms with Crippen molar-refractivity contribution in [2.75, 3.05) is 25.5 Å². The molecule has 0 bridgehead atoms. The summed E-state index contributed by atoms with van der Waals surface area (Å²) in [4.78, 5) is 33.9. The van der Waals surface area contributed by atoms with E-state index < -0.39 is 0 Å². The highest BCUT2D eigenvalue weighted by Gasteiger charge is 2.25. The Hall–Kier alpha value is -4.26. The molecule has 7 heteroatoms. The van der Waals surface area contributed by atoms with Crippen molar-refractivity contribution in [1.29, 1.82) is 0 Å². The van der Waals surface area contributed by atoms with Gasteiger partial charge in [0.15, 0.2) is 0 Å². The molecule has 3 aromatic carbocycles. The maximum absolute atomic E-state index is 13.8. The summed E-state index contributed by atoms with van der Waals surface area (Å²) in [6.07, 6.45) is 3.50. The molecule has 0 fully saturated rings. The number of carbonyl (C=O) groups is 2. The van der Waals surface area contributed by atoms with E-state index in [9.17, 15) is 9.59 Å². The molecule has 0 radical (unpaired) electrons. The fourth-order valence-corrected chi connectivity index (χ4v) is 4.80. The lowest BCUT2D eigenvalue weighted by Crippen LogP contribution is -2.47. The molecule has 0 saturated carbocycles. The average Bonchev–Trinajstić information content (AvgIpc) is 3.37. The number of benzene rings is 3. The second kappa shape index (κ2) is 13.0. The number of methoxy groups -OCH3 is 1. The normalized spacial score (nSPS) is 11.0. The number of nitrogens with one attached hydrogen (secondary N) is 2. The number of amides is 3. The zero-order valence-electron chi connectivity index (χ0n) is 23.2. The number of aromatic amines is 1. The highest BCUT2D eigenvalue weighted by molar-refractivity contribution is 5.93. The van der Waals surface area contributed by atoms with Crippen molar-refractivity contribution in [2.24, 2.45) is 0 Å². The van der Waals surface area contributed by atoms with Crippen LogP contribution in [0.2, 0.25) is 0 Å². The first-order chi connectivity index (χ1) is 18.9. The number of hydrogen-bond donors (Lipinski definition) is 2. The zero-order chi connectivity index (χ0) is 27.8. The van der Waals surface area contributed by atoms with Gasteiger partial charge in [-0.05, 0) is 56.0 Å². The van der Waals surface area contributed by atoms with Crippen LogP contribution in [0.5, 0.6) is 5.75 Å². The fraction of sp³-hybridized carbons (Fsp3) is 0.312. The van der Waals surface area contributed by atoms with Gasteiger partial charge < -0.3 is 24.8 Å². The van der Waals surface area contributed by atoms with Gasteiger partial charge in [0.1, 0.15) is 12.3 Å². The van der Waals surface area contributed by atoms with Crippen LogP contribution in [-0.2, 0) is 24.2 Å². The zero-order valence-corrected chi connectivity index (χ0v) is 23.2. The van der Waals surface area contributed by atoms with E-state index in [4.69, 9.17) is 4.74 Å². The van der Waals surface area contributed by atoms with E-state index in [0.29, 0.717) is 19.5 Å². The molecular formula is C32H38N4O3. The van der Waals surface area contributed by atoms with Crippen LogP contribution in [0.25, 0.3) is 10.9 Å². The third-order valence-corrected chi connectivity index (χ3v) is 7.06. The summed E-state index contributed by atoms with van der Waals surface area (Å²) >= 11 is 0. The van der Waals surface area contributed by atoms with Crippen LogP contribution < -0.4 is 10.1 Å². The largest absolute Gasteiger partial charge is 0.496 e. The first-order valence-electron chi connectivity index (χ1n) is 13.5. The first-order valence-corrected chi connectivity index (χ1v) is 13.5. The Balaban J connectivity index is 1.54. The monoisotopic (exact) mass is 526 g/mol. The van der Waals surface area contributed by atoms with Crippen LogP contribution in [0.4, 0.5) is 10.5 Å². The number of ether oxygens (including phenoxy) is 1. The van der Waals surface area contributed by atoms with E-state index in [1.54, 1.807) is 12.0 Å². The lowest BCUT2D eigenvalue weighted by atomic mass is 10.1. The maximum Gasteiger partial charge on any atom is 0.322 e. The minimum absolute atomic E-state index is 0.0270. The Morgan fingerprint density at radius 1 is 0.923 bits per heavy atom. The van der Waals surface area contributed by atoms with E-state index in [-0.39, 0.29) is 24.5 Å². The van der Waals surface area contributed by atoms with Gasteiger partial charge in [0.2, 0.25) is 5.91 Å². The van der Waals surface area contributed by atoms with Gasteiger partial charge >= 0.3 is 6.03 Å². The number of rotatable bonds is 11. The van der Waals surface area contributed by atoms with E-state index in [1.807, 2.05) is 91.7 Å². The second-order valence-corrected chi connectivity index (χ2v) is 9.90. The average molecular weight is 527 g/mol. The Morgan fingerprint density at radius 3 is 2.36 bits per heavy atom. The number of aryl methyl sites for hydroxylation is 1. The molecule has 4 rings (SSSR count). The number of carbonyl (C=O) groups excluding carboxylic acids is 2. The summed E-state index contributed by atoms with van der Waals surface area (Å²) in [7, 11) is 1.63. The van der Waals surface area contributed by atoms with Gasteiger partial charge in [-0.15, -0.1) is 0 Å². The molecule has 0 spiro atoms. The van der Waals surface area contributed by atoms with Gasteiger partial charge in [0.05, 0.1) is 7.11 Å². The Kier molecular flexibility index (Phi) is 9.26. The molecule has 0 aliphatic carbocycles. The molecule has 0 aliphatic heterocycles. The third kappa shape index (κ3) is 6.79. The molecule has 0 atom stereocenters. The third-order valence-electron chi connectivity index (χ3n) is 7.06. The highest BCUT2D eigenvalue weighted by Crippen LogP contribution is 2.22. The molecule has 7 nitrogen and oxygen atoms in total. The molecular weight excluding hydrogens is 488 g/mol. The minimum atomic E-state index is -0.284. The van der Waals surface area contributed by atoms with Gasteiger partial charge in [0.25, 0.3) is 0 Å². The number of para-hydroxylation sites is 3. The lowest BCUT2D eigenvalue weighted by molar-refractivity contribution is -0.132. The molecule has 39 heavy (non-hydrogen) atoms. The van der Waals surface area contributed by atoms with E-state index in [1.165, 1.54) is 0 Å². The Labute approximate surface area is 230 Å². The van der Waals surface area contributed by atoms with Crippen molar-refractivity contribution >= 4 is 28.5 Å². The van der Waals surface area contributed by atoms with Crippen molar-refractivity contribution in [3.05, 3.63) is 95.7 Å². The van der Waals surface area contributed by atoms with E-state index in [0.717, 1.165) is 45.5 Å². The van der Waals surface area contributed by atoms with Gasteiger partial charge in [0, 0.05) is 47.5 Å². The van der Waals surface area contributed by atoms with Crippen LogP contribution in [0.1, 0.15) is 37.5 Å². The number of anilines is 1. The predicted octanol–water partition coefficient (Wildman–Crippen LogP) is 6.25. The van der Waals surface area contributed by atoms with Gasteiger partial charge in [-0.25, -0.2) is 4.79 Å². The van der Waals surface area contributed by atoms with Crippen LogP contribution in [0.15, 0.2) is 79.0 Å². The van der Waals surface area contributed by atoms with E-state index in [2.05, 4.69) is 23.3 Å². The van der Waals surface area contributed by atoms with Crippen LogP contribution in [-0.4, -0.2) is 53.0 Å². The SMILES string of the molecule is CCc1ccccc1NC(=O)N(CC(=O)N(CCc1c[nH]c2ccccc12)Cc1ccccc1OC)C(C)C. The standard InChI is InChI=1S/C32H38N4O3/c1-5-24-12-6-9-15-28(24)34-32(38)36(23(2)3)22-31(37)35(21-26-13-7-11-17-30(26)39-4)19-18-25-20-33-29-16-10-8-14-27(25)29/h6-17,20,23,33H,5,18-19,21-22H2,1-4H3,(H,34,38). The topological polar surface area (TPSA) is 77.7 Å². The number of urea groups is 1. The Bertz CT molecular complexity index is 1410. The van der Waals surface area contributed by atoms with Crippen molar-refractivity contribution in [3.63, 3.8) is 0 Å². The summed E-state index contributed by atoms with van der Waals surface area (Å²) in [6.45, 7) is 6.77. The van der Waals surface area contributed by atoms with Crippen molar-refractivity contribution in [3.8, 4) is 5.75 Å². The lowest BCUT2D eigenvalue weighted by Gasteiger charge is -2.30. The molecule has 4 aromatic rings. The second-order valence-electron chi connectivity index (χ2n) is 9.90. The fourth-order valence-electron chi connectivity index (χ4n) is 4.80. The van der Waals surface area contributed by atoms with Crippen molar-refractivity contribution < 1.29 is 14.3 Å². The Morgan fingerprint density at radius 2 is 1.62 bits per heavy atom. The smallest absolute Gasteiger partial charge is 0.322 e. The number of fused-ring (bicyclic) bond motifs is 1. The molecule has 0 aliphatic rings. The van der Waals surface area contributed by atoms with E-state index >= 15 is 0 Å². The maximum atomic E-state index is 13.8. The highest BCUT2D eigenvalue weighted by atomic mass is 16.5. The number of nitrogens with zero attached hydrogens (tertiary/aromatic N) is 2. The van der Waals surface area contributed by atoms with Gasteiger partial charge in [-0.1, -0.05) is 61.5 Å². The van der Waals surface area contributed by atoms with Gasteiger partial charge in [-0.3, -0.25) is 4.79 Å². The predicted molar refractivity (Wildman–Crippen MR) is 157 cm³/mol. The molecule has 3 amide bonds. The number of hydrogen-bond acceptors (Lipinski definition) is 3. The van der Waals surface area contributed by atoms with Gasteiger partial charge in [-0.2, -0.15) is 0 Å². The summed E-state index contributed by atoms with van der Waals surface area (Å²) in [5, 5.41) is 4.17. The molecule has 204 valence electrons. The summed E-state index contributed by atoms with van der Waals surface area (Å²) in [5.74, 6) is 0.616. The molecule has 2 N–H and O–H groups in total. The molecule has 1 heterocycles. The number of aromatic nitrogens is 1. The summed E-state index contributed by atoms with van der Waals surface area (Å²) < 4.78 is 5.56. The van der Waals surface area contributed by atoms with Crippen LogP contribution in [0.3, 0.4) is 0 Å². The summed E-state index contributed by atoms with van der Waals surface area (Å²) in [6, 6.07) is 23.2. The van der Waals surface area contributed by atoms with Crippen molar-refractivity contribution in [1.82, 2.24) is 14.8 Å². The number of H-pyrrole nitrogens is 1.